The van der Waals surface area contributed by atoms with Crippen molar-refractivity contribution in [2.45, 2.75) is 4.90 Å². The Labute approximate surface area is 142 Å². The number of carbonyl (C=O) groups is 1. The van der Waals surface area contributed by atoms with Crippen molar-refractivity contribution in [3.63, 3.8) is 0 Å². The highest BCUT2D eigenvalue weighted by molar-refractivity contribution is 7.89. The van der Waals surface area contributed by atoms with Crippen LogP contribution in [0.3, 0.4) is 0 Å². The highest BCUT2D eigenvalue weighted by Gasteiger charge is 2.19. The molecule has 2 aromatic carbocycles. The van der Waals surface area contributed by atoms with Gasteiger partial charge in [0.15, 0.2) is 0 Å². The summed E-state index contributed by atoms with van der Waals surface area (Å²) in [5.41, 5.74) is 0.344. The third-order valence-corrected chi connectivity index (χ3v) is 4.85. The van der Waals surface area contributed by atoms with Gasteiger partial charge in [0.25, 0.3) is 0 Å². The van der Waals surface area contributed by atoms with Crippen molar-refractivity contribution in [1.82, 2.24) is 4.72 Å². The van der Waals surface area contributed by atoms with Crippen LogP contribution < -0.4 is 10.0 Å². The molecule has 0 aliphatic rings. The number of carbonyl (C=O) groups excluding carboxylic acids is 1. The summed E-state index contributed by atoms with van der Waals surface area (Å²) in [5, 5.41) is 2.61. The maximum Gasteiger partial charge on any atom is 0.242 e. The van der Waals surface area contributed by atoms with E-state index in [0.29, 0.717) is 5.69 Å². The highest BCUT2D eigenvalue weighted by atomic mass is 35.5. The zero-order chi connectivity index (χ0) is 17.0. The van der Waals surface area contributed by atoms with Crippen LogP contribution in [0.5, 0.6) is 0 Å². The number of nitrogens with one attached hydrogen (secondary N) is 2. The molecule has 23 heavy (non-hydrogen) atoms. The van der Waals surface area contributed by atoms with Gasteiger partial charge in [0.05, 0.1) is 11.6 Å². The van der Waals surface area contributed by atoms with Crippen molar-refractivity contribution in [1.29, 1.82) is 0 Å². The number of amides is 1. The second-order valence-electron chi connectivity index (χ2n) is 4.45. The van der Waals surface area contributed by atoms with Crippen LogP contribution >= 0.6 is 23.2 Å². The summed E-state index contributed by atoms with van der Waals surface area (Å²) in [7, 11) is -3.99. The van der Waals surface area contributed by atoms with Gasteiger partial charge in [-0.2, -0.15) is 0 Å². The van der Waals surface area contributed by atoms with E-state index >= 15 is 0 Å². The predicted octanol–water partition coefficient (Wildman–Crippen LogP) is 3.05. The Hall–Kier alpha value is -1.67. The number of hydrogen-bond acceptors (Lipinski definition) is 3. The Bertz CT molecular complexity index is 826. The quantitative estimate of drug-likeness (QED) is 0.841. The van der Waals surface area contributed by atoms with Crippen LogP contribution in [-0.2, 0) is 14.8 Å². The first-order valence-corrected chi connectivity index (χ1v) is 8.52. The highest BCUT2D eigenvalue weighted by Crippen LogP contribution is 2.24. The number of halogens is 3. The van der Waals surface area contributed by atoms with Gasteiger partial charge in [-0.25, -0.2) is 17.5 Å². The summed E-state index contributed by atoms with van der Waals surface area (Å²) in [6.45, 7) is -0.511. The molecular weight excluding hydrogens is 366 g/mol. The lowest BCUT2D eigenvalue weighted by atomic mass is 10.3. The number of rotatable bonds is 5. The molecule has 0 saturated carbocycles. The van der Waals surface area contributed by atoms with Crippen molar-refractivity contribution in [2.75, 3.05) is 11.9 Å². The molecule has 9 heteroatoms. The maximum atomic E-state index is 12.8. The Morgan fingerprint density at radius 3 is 2.39 bits per heavy atom. The van der Waals surface area contributed by atoms with E-state index in [9.17, 15) is 17.6 Å². The molecule has 0 unspecified atom stereocenters. The van der Waals surface area contributed by atoms with E-state index in [-0.39, 0.29) is 14.9 Å². The summed E-state index contributed by atoms with van der Waals surface area (Å²) in [6.07, 6.45) is 0. The van der Waals surface area contributed by atoms with E-state index in [0.717, 1.165) is 0 Å². The molecule has 2 rings (SSSR count). The minimum Gasteiger partial charge on any atom is -0.325 e. The number of benzene rings is 2. The molecule has 122 valence electrons. The molecule has 2 aromatic rings. The molecular formula is C14H11Cl2FN2O3S. The Balaban J connectivity index is 2.02. The fourth-order valence-electron chi connectivity index (χ4n) is 1.66. The Morgan fingerprint density at radius 1 is 1.09 bits per heavy atom. The van der Waals surface area contributed by atoms with Crippen LogP contribution in [0, 0.1) is 5.82 Å². The van der Waals surface area contributed by atoms with Gasteiger partial charge in [0, 0.05) is 10.7 Å². The van der Waals surface area contributed by atoms with Crippen LogP contribution in [0.25, 0.3) is 0 Å². The van der Waals surface area contributed by atoms with Gasteiger partial charge in [-0.3, -0.25) is 4.79 Å². The number of sulfonamides is 1. The zero-order valence-corrected chi connectivity index (χ0v) is 13.8. The lowest BCUT2D eigenvalue weighted by Gasteiger charge is -2.09. The first-order chi connectivity index (χ1) is 10.8. The van der Waals surface area contributed by atoms with Gasteiger partial charge >= 0.3 is 0 Å². The lowest BCUT2D eigenvalue weighted by molar-refractivity contribution is -0.115. The van der Waals surface area contributed by atoms with Gasteiger partial charge in [-0.1, -0.05) is 23.2 Å². The van der Waals surface area contributed by atoms with Crippen molar-refractivity contribution in [2.24, 2.45) is 0 Å². The first kappa shape index (κ1) is 17.7. The van der Waals surface area contributed by atoms with Crippen LogP contribution in [-0.4, -0.2) is 20.9 Å². The largest absolute Gasteiger partial charge is 0.325 e. The van der Waals surface area contributed by atoms with E-state index < -0.39 is 28.3 Å². The molecule has 5 nitrogen and oxygen atoms in total. The van der Waals surface area contributed by atoms with Crippen molar-refractivity contribution >= 4 is 44.8 Å². The fraction of sp³-hybridized carbons (Fsp3) is 0.0714. The summed E-state index contributed by atoms with van der Waals surface area (Å²) in [5.74, 6) is -1.06. The molecule has 0 spiro atoms. The van der Waals surface area contributed by atoms with Crippen LogP contribution in [0.4, 0.5) is 10.1 Å². The van der Waals surface area contributed by atoms with Gasteiger partial charge in [-0.05, 0) is 42.5 Å². The van der Waals surface area contributed by atoms with Crippen molar-refractivity contribution in [3.05, 3.63) is 58.3 Å². The maximum absolute atomic E-state index is 12.8. The third-order valence-electron chi connectivity index (χ3n) is 2.73. The second kappa shape index (κ2) is 7.27. The van der Waals surface area contributed by atoms with E-state index in [1.807, 2.05) is 0 Å². The second-order valence-corrected chi connectivity index (χ2v) is 7.03. The van der Waals surface area contributed by atoms with Crippen LogP contribution in [0.1, 0.15) is 0 Å². The molecule has 0 aliphatic carbocycles. The molecule has 0 radical (unpaired) electrons. The molecule has 0 saturated heterocycles. The minimum absolute atomic E-state index is 0.0131. The molecule has 0 atom stereocenters. The van der Waals surface area contributed by atoms with Crippen LogP contribution in [0.15, 0.2) is 47.4 Å². The smallest absolute Gasteiger partial charge is 0.242 e. The van der Waals surface area contributed by atoms with Gasteiger partial charge < -0.3 is 5.32 Å². The van der Waals surface area contributed by atoms with Crippen molar-refractivity contribution < 1.29 is 17.6 Å². The van der Waals surface area contributed by atoms with E-state index in [1.54, 1.807) is 0 Å². The molecule has 2 N–H and O–H groups in total. The standard InChI is InChI=1S/C14H11Cl2FN2O3S/c15-9-1-6-12(16)13(7-9)23(21,22)18-8-14(20)19-11-4-2-10(17)3-5-11/h1-7,18H,8H2,(H,19,20). The average Bonchev–Trinajstić information content (AvgIpc) is 2.50. The lowest BCUT2D eigenvalue weighted by Crippen LogP contribution is -2.33. The topological polar surface area (TPSA) is 75.3 Å². The average molecular weight is 377 g/mol. The predicted molar refractivity (Wildman–Crippen MR) is 86.7 cm³/mol. The summed E-state index contributed by atoms with van der Waals surface area (Å²) < 4.78 is 39.1. The number of hydrogen-bond donors (Lipinski definition) is 2. The zero-order valence-electron chi connectivity index (χ0n) is 11.5. The summed E-state index contributed by atoms with van der Waals surface area (Å²) >= 11 is 11.6. The Morgan fingerprint density at radius 2 is 1.74 bits per heavy atom. The summed E-state index contributed by atoms with van der Waals surface area (Å²) in [6, 6.07) is 9.04. The molecule has 0 fully saturated rings. The van der Waals surface area contributed by atoms with E-state index in [1.165, 1.54) is 42.5 Å². The SMILES string of the molecule is O=C(CNS(=O)(=O)c1cc(Cl)ccc1Cl)Nc1ccc(F)cc1. The minimum atomic E-state index is -3.99. The molecule has 1 amide bonds. The first-order valence-electron chi connectivity index (χ1n) is 6.28. The molecule has 0 aliphatic heterocycles. The number of anilines is 1. The molecule has 0 heterocycles. The Kier molecular flexibility index (Phi) is 5.59. The van der Waals surface area contributed by atoms with Gasteiger partial charge in [0.1, 0.15) is 10.7 Å². The van der Waals surface area contributed by atoms with Crippen LogP contribution in [0.2, 0.25) is 10.0 Å². The molecule has 0 aromatic heterocycles. The third kappa shape index (κ3) is 4.90. The van der Waals surface area contributed by atoms with Gasteiger partial charge in [-0.15, -0.1) is 0 Å². The normalized spacial score (nSPS) is 11.3. The van der Waals surface area contributed by atoms with Gasteiger partial charge in [0.2, 0.25) is 15.9 Å². The summed E-state index contributed by atoms with van der Waals surface area (Å²) in [4.78, 5) is 11.5. The molecule has 0 bridgehead atoms. The fourth-order valence-corrected chi connectivity index (χ4v) is 3.40. The van der Waals surface area contributed by atoms with E-state index in [4.69, 9.17) is 23.2 Å². The van der Waals surface area contributed by atoms with Crippen molar-refractivity contribution in [3.8, 4) is 0 Å². The monoisotopic (exact) mass is 376 g/mol. The van der Waals surface area contributed by atoms with E-state index in [2.05, 4.69) is 10.0 Å².